The quantitative estimate of drug-likeness (QED) is 0.267. The molecule has 3 rings (SSSR count). The molecule has 0 bridgehead atoms. The van der Waals surface area contributed by atoms with Gasteiger partial charge in [0.25, 0.3) is 0 Å². The molecule has 3 fully saturated rings. The molecule has 0 aromatic carbocycles. The lowest BCUT2D eigenvalue weighted by molar-refractivity contribution is -0.0638. The lowest BCUT2D eigenvalue weighted by Crippen LogP contribution is -2.47. The van der Waals surface area contributed by atoms with Crippen LogP contribution < -0.4 is 0 Å². The second-order valence-electron chi connectivity index (χ2n) is 20.0. The van der Waals surface area contributed by atoms with Gasteiger partial charge in [-0.15, -0.1) is 0 Å². The molecular formula is C41H88. The zero-order chi connectivity index (χ0) is 30.3. The fourth-order valence-electron chi connectivity index (χ4n) is 10.1. The Hall–Kier alpha value is 0. The average Bonchev–Trinajstić information content (AvgIpc) is 3.37. The van der Waals surface area contributed by atoms with Gasteiger partial charge in [-0.2, -0.15) is 0 Å². The fourth-order valence-corrected chi connectivity index (χ4v) is 10.1. The van der Waals surface area contributed by atoms with Crippen molar-refractivity contribution >= 4 is 0 Å². The maximum Gasteiger partial charge on any atom is -0.0200 e. The van der Waals surface area contributed by atoms with Crippen LogP contribution in [-0.4, -0.2) is 0 Å². The van der Waals surface area contributed by atoms with Gasteiger partial charge >= 0.3 is 0 Å². The van der Waals surface area contributed by atoms with Crippen LogP contribution in [0.25, 0.3) is 0 Å². The molecule has 0 spiro atoms. The van der Waals surface area contributed by atoms with Gasteiger partial charge in [-0.25, -0.2) is 0 Å². The second-order valence-corrected chi connectivity index (χ2v) is 20.0. The van der Waals surface area contributed by atoms with E-state index in [2.05, 4.69) is 125 Å². The summed E-state index contributed by atoms with van der Waals surface area (Å²) >= 11 is 0. The van der Waals surface area contributed by atoms with E-state index in [1.165, 1.54) is 70.6 Å². The normalized spacial score (nSPS) is 21.8. The van der Waals surface area contributed by atoms with Crippen molar-refractivity contribution in [3.05, 3.63) is 0 Å². The van der Waals surface area contributed by atoms with Crippen LogP contribution in [0.2, 0.25) is 0 Å². The molecule has 252 valence electrons. The predicted molar refractivity (Wildman–Crippen MR) is 195 cm³/mol. The highest BCUT2D eigenvalue weighted by atomic mass is 14.6. The molecule has 3 aliphatic carbocycles. The zero-order valence-electron chi connectivity index (χ0n) is 30.3. The minimum atomic E-state index is 0. The first-order valence-electron chi connectivity index (χ1n) is 16.6. The Labute approximate surface area is 265 Å². The molecule has 0 unspecified atom stereocenters. The van der Waals surface area contributed by atoms with E-state index < -0.39 is 0 Å². The van der Waals surface area contributed by atoms with Gasteiger partial charge < -0.3 is 0 Å². The van der Waals surface area contributed by atoms with E-state index in [1.807, 2.05) is 0 Å². The van der Waals surface area contributed by atoms with Crippen LogP contribution >= 0.6 is 0 Å². The van der Waals surface area contributed by atoms with Gasteiger partial charge in [0.05, 0.1) is 0 Å². The standard InChI is InChI=1S/C14H28.C13H26.C11H22.3CH4/c1-12(2,3)14(13(4,5)6)10-8-7-9-11-14;1-11(2,3)13(12(4,5)6)9-7-8-10-13;1-9(2,3)11(7-8-11)10(4,5)6;;;/h7-11H2,1-6H3;7-10H2,1-6H3;7-8H2,1-6H3;3*1H4. The molecule has 0 radical (unpaired) electrons. The second kappa shape index (κ2) is 14.4. The van der Waals surface area contributed by atoms with E-state index in [4.69, 9.17) is 0 Å². The monoisotopic (exact) mass is 581 g/mol. The van der Waals surface area contributed by atoms with Crippen molar-refractivity contribution in [1.82, 2.24) is 0 Å². The molecule has 0 nitrogen and oxygen atoms in total. The van der Waals surface area contributed by atoms with Crippen LogP contribution in [-0.2, 0) is 0 Å². The van der Waals surface area contributed by atoms with Gasteiger partial charge in [0.15, 0.2) is 0 Å². The van der Waals surface area contributed by atoms with Gasteiger partial charge in [0.2, 0.25) is 0 Å². The maximum absolute atomic E-state index is 2.43. The van der Waals surface area contributed by atoms with Gasteiger partial charge in [-0.05, 0) is 87.3 Å². The number of hydrogen-bond donors (Lipinski definition) is 0. The smallest absolute Gasteiger partial charge is 0.0200 e. The summed E-state index contributed by atoms with van der Waals surface area (Å²) in [5.41, 5.74) is 4.55. The van der Waals surface area contributed by atoms with Crippen molar-refractivity contribution in [2.45, 2.75) is 218 Å². The van der Waals surface area contributed by atoms with Crippen LogP contribution in [0, 0.1) is 48.7 Å². The number of hydrogen-bond acceptors (Lipinski definition) is 0. The van der Waals surface area contributed by atoms with E-state index in [0.717, 1.165) is 0 Å². The van der Waals surface area contributed by atoms with Crippen molar-refractivity contribution in [3.63, 3.8) is 0 Å². The minimum absolute atomic E-state index is 0. The lowest BCUT2D eigenvalue weighted by Gasteiger charge is -2.56. The van der Waals surface area contributed by atoms with Gasteiger partial charge in [0.1, 0.15) is 0 Å². The van der Waals surface area contributed by atoms with E-state index in [1.54, 1.807) is 0 Å². The molecule has 0 N–H and O–H groups in total. The molecule has 0 aromatic heterocycles. The Kier molecular flexibility index (Phi) is 16.0. The molecular weight excluding hydrogens is 492 g/mol. The molecule has 0 aliphatic heterocycles. The summed E-state index contributed by atoms with van der Waals surface area (Å²) in [6.45, 7) is 43.4. The first-order chi connectivity index (χ1) is 16.6. The van der Waals surface area contributed by atoms with Crippen molar-refractivity contribution in [3.8, 4) is 0 Å². The number of rotatable bonds is 0. The lowest BCUT2D eigenvalue weighted by atomic mass is 9.49. The SMILES string of the molecule is C.C.C.CC(C)(C)C1(C(C)(C)C)CC1.CC(C)(C)C1(C(C)(C)C)CCCC1.CC(C)(C)C1(C(C)(C)C)CCCCC1. The summed E-state index contributed by atoms with van der Waals surface area (Å²) in [7, 11) is 0. The molecule has 0 aromatic rings. The third-order valence-corrected chi connectivity index (χ3v) is 12.5. The Bertz CT molecular complexity index is 656. The van der Waals surface area contributed by atoms with Gasteiger partial charge in [-0.3, -0.25) is 0 Å². The third-order valence-electron chi connectivity index (χ3n) is 12.5. The topological polar surface area (TPSA) is 0 Å². The summed E-state index contributed by atoms with van der Waals surface area (Å²) in [5, 5.41) is 0. The highest BCUT2D eigenvalue weighted by Gasteiger charge is 2.58. The Morgan fingerprint density at radius 2 is 0.390 bits per heavy atom. The highest BCUT2D eigenvalue weighted by molar-refractivity contribution is 5.08. The third kappa shape index (κ3) is 9.49. The maximum atomic E-state index is 2.43. The van der Waals surface area contributed by atoms with E-state index >= 15 is 0 Å². The van der Waals surface area contributed by atoms with Gasteiger partial charge in [-0.1, -0.05) is 179 Å². The molecule has 0 atom stereocenters. The molecule has 0 amide bonds. The molecule has 0 heterocycles. The summed E-state index contributed by atoms with van der Waals surface area (Å²) in [6, 6.07) is 0. The fraction of sp³-hybridized carbons (Fsp3) is 1.00. The minimum Gasteiger partial charge on any atom is -0.0776 e. The first-order valence-corrected chi connectivity index (χ1v) is 16.6. The van der Waals surface area contributed by atoms with Crippen LogP contribution in [0.3, 0.4) is 0 Å². The van der Waals surface area contributed by atoms with Crippen LogP contribution in [0.15, 0.2) is 0 Å². The van der Waals surface area contributed by atoms with Gasteiger partial charge in [0, 0.05) is 0 Å². The van der Waals surface area contributed by atoms with Crippen molar-refractivity contribution < 1.29 is 0 Å². The molecule has 3 aliphatic rings. The molecule has 41 heavy (non-hydrogen) atoms. The van der Waals surface area contributed by atoms with Crippen LogP contribution in [0.5, 0.6) is 0 Å². The summed E-state index contributed by atoms with van der Waals surface area (Å²) in [6.07, 6.45) is 15.8. The van der Waals surface area contributed by atoms with Crippen LogP contribution in [0.1, 0.15) is 218 Å². The van der Waals surface area contributed by atoms with Crippen molar-refractivity contribution in [2.75, 3.05) is 0 Å². The predicted octanol–water partition coefficient (Wildman–Crippen LogP) is 15.4. The summed E-state index contributed by atoms with van der Waals surface area (Å²) in [5.74, 6) is 0. The molecule has 0 saturated heterocycles. The first kappa shape index (κ1) is 45.4. The summed E-state index contributed by atoms with van der Waals surface area (Å²) < 4.78 is 0. The van der Waals surface area contributed by atoms with Crippen molar-refractivity contribution in [1.29, 1.82) is 0 Å². The highest BCUT2D eigenvalue weighted by Crippen LogP contribution is 2.67. The average molecular weight is 581 g/mol. The Morgan fingerprint density at radius 3 is 0.488 bits per heavy atom. The van der Waals surface area contributed by atoms with Crippen LogP contribution in [0.4, 0.5) is 0 Å². The molecule has 0 heteroatoms. The Balaban J connectivity index is -0.000000513. The van der Waals surface area contributed by atoms with Crippen molar-refractivity contribution in [2.24, 2.45) is 48.7 Å². The Morgan fingerprint density at radius 1 is 0.244 bits per heavy atom. The zero-order valence-corrected chi connectivity index (χ0v) is 30.3. The molecule has 3 saturated carbocycles. The van der Waals surface area contributed by atoms with E-state index in [-0.39, 0.29) is 22.3 Å². The van der Waals surface area contributed by atoms with E-state index in [0.29, 0.717) is 48.7 Å². The summed E-state index contributed by atoms with van der Waals surface area (Å²) in [4.78, 5) is 0. The van der Waals surface area contributed by atoms with E-state index in [9.17, 15) is 0 Å². The largest absolute Gasteiger partial charge is 0.0776 e.